The van der Waals surface area contributed by atoms with E-state index in [2.05, 4.69) is 37.6 Å². The standard InChI is InChI=1S/C30H24ClF2N7O2.C2HF3O2/c1-3-28(41)36-21-8-9-25(33)26(13-21)38-29-23(15-34-30(39-29)37-22-14-35-40(2)16-22)19-7-10-27(24(31)12-19)42-17-18-5-4-6-20(32)11-18;3-2(4,5)1(6)7/h3-16H,1,17H2,2H3,(H,36,41)(H2,34,37,38,39);(H,6,7). The lowest BCUT2D eigenvalue weighted by atomic mass is 10.1. The summed E-state index contributed by atoms with van der Waals surface area (Å²) < 4.78 is 67.6. The van der Waals surface area contributed by atoms with E-state index in [1.54, 1.807) is 60.7 Å². The molecule has 1 amide bonds. The number of hydrogen-bond donors (Lipinski definition) is 4. The molecular weight excluding hydrogens is 677 g/mol. The van der Waals surface area contributed by atoms with Gasteiger partial charge in [-0.15, -0.1) is 0 Å². The van der Waals surface area contributed by atoms with E-state index < -0.39 is 23.9 Å². The van der Waals surface area contributed by atoms with Crippen LogP contribution in [0.15, 0.2) is 91.9 Å². The van der Waals surface area contributed by atoms with E-state index in [1.807, 2.05) is 0 Å². The van der Waals surface area contributed by atoms with Gasteiger partial charge in [0.05, 0.1) is 22.6 Å². The summed E-state index contributed by atoms with van der Waals surface area (Å²) in [7, 11) is 1.78. The number of halogens is 6. The number of nitrogens with one attached hydrogen (secondary N) is 3. The number of aliphatic carboxylic acids is 1. The highest BCUT2D eigenvalue weighted by Gasteiger charge is 2.38. The Labute approximate surface area is 280 Å². The number of aryl methyl sites for hydroxylation is 1. The molecule has 0 aliphatic heterocycles. The first-order chi connectivity index (χ1) is 23.2. The normalized spacial score (nSPS) is 10.8. The Kier molecular flexibility index (Phi) is 11.5. The largest absolute Gasteiger partial charge is 0.490 e. The minimum atomic E-state index is -5.08. The van der Waals surface area contributed by atoms with Crippen LogP contribution in [-0.2, 0) is 23.2 Å². The third-order valence-corrected chi connectivity index (χ3v) is 6.49. The molecule has 0 spiro atoms. The number of carbonyl (C=O) groups is 2. The lowest BCUT2D eigenvalue weighted by molar-refractivity contribution is -0.192. The molecule has 5 aromatic rings. The Balaban J connectivity index is 0.000000698. The van der Waals surface area contributed by atoms with Crippen molar-refractivity contribution in [2.45, 2.75) is 12.8 Å². The molecule has 0 saturated heterocycles. The molecule has 2 aromatic heterocycles. The molecule has 5 rings (SSSR count). The van der Waals surface area contributed by atoms with Crippen molar-refractivity contribution < 1.29 is 41.4 Å². The first-order valence-corrected chi connectivity index (χ1v) is 14.2. The average molecular weight is 702 g/mol. The van der Waals surface area contributed by atoms with E-state index in [-0.39, 0.29) is 29.9 Å². The number of amides is 1. The summed E-state index contributed by atoms with van der Waals surface area (Å²) in [6.45, 7) is 3.56. The van der Waals surface area contributed by atoms with Crippen molar-refractivity contribution in [1.82, 2.24) is 19.7 Å². The Morgan fingerprint density at radius 3 is 2.43 bits per heavy atom. The number of aromatic nitrogens is 4. The fourth-order valence-corrected chi connectivity index (χ4v) is 4.19. The molecule has 0 aliphatic rings. The van der Waals surface area contributed by atoms with Crippen LogP contribution >= 0.6 is 11.6 Å². The van der Waals surface area contributed by atoms with Crippen molar-refractivity contribution in [2.75, 3.05) is 16.0 Å². The van der Waals surface area contributed by atoms with Crippen molar-refractivity contribution in [3.05, 3.63) is 114 Å². The summed E-state index contributed by atoms with van der Waals surface area (Å²) >= 11 is 6.55. The van der Waals surface area contributed by atoms with Crippen LogP contribution in [-0.4, -0.2) is 42.9 Å². The highest BCUT2D eigenvalue weighted by Crippen LogP contribution is 2.36. The Morgan fingerprint density at radius 2 is 1.80 bits per heavy atom. The molecule has 3 aromatic carbocycles. The number of hydrogen-bond acceptors (Lipinski definition) is 8. The van der Waals surface area contributed by atoms with Crippen LogP contribution in [0, 0.1) is 11.6 Å². The Hall–Kier alpha value is -6.03. The van der Waals surface area contributed by atoms with Gasteiger partial charge in [-0.1, -0.05) is 36.4 Å². The second-order valence-corrected chi connectivity index (χ2v) is 10.3. The number of ether oxygens (including phenoxy) is 1. The van der Waals surface area contributed by atoms with Crippen molar-refractivity contribution in [2.24, 2.45) is 7.05 Å². The fraction of sp³-hybridized carbons (Fsp3) is 0.0938. The summed E-state index contributed by atoms with van der Waals surface area (Å²) in [5.41, 5.74) is 2.84. The van der Waals surface area contributed by atoms with E-state index in [4.69, 9.17) is 26.2 Å². The molecule has 4 N–H and O–H groups in total. The molecule has 0 saturated carbocycles. The molecule has 11 nitrogen and oxygen atoms in total. The van der Waals surface area contributed by atoms with Gasteiger partial charge < -0.3 is 25.8 Å². The Bertz CT molecular complexity index is 1990. The van der Waals surface area contributed by atoms with Crippen LogP contribution in [0.5, 0.6) is 5.75 Å². The lowest BCUT2D eigenvalue weighted by Gasteiger charge is -2.15. The van der Waals surface area contributed by atoms with E-state index >= 15 is 0 Å². The van der Waals surface area contributed by atoms with Crippen LogP contribution in [0.3, 0.4) is 0 Å². The number of anilines is 5. The van der Waals surface area contributed by atoms with Crippen molar-refractivity contribution in [3.63, 3.8) is 0 Å². The smallest absolute Gasteiger partial charge is 0.487 e. The molecule has 49 heavy (non-hydrogen) atoms. The molecule has 0 unspecified atom stereocenters. The summed E-state index contributed by atoms with van der Waals surface area (Å²) in [5.74, 6) is -3.24. The zero-order chi connectivity index (χ0) is 35.7. The summed E-state index contributed by atoms with van der Waals surface area (Å²) in [5, 5.41) is 20.2. The van der Waals surface area contributed by atoms with Gasteiger partial charge in [0.15, 0.2) is 0 Å². The topological polar surface area (TPSA) is 143 Å². The van der Waals surface area contributed by atoms with Crippen molar-refractivity contribution >= 4 is 52.3 Å². The summed E-state index contributed by atoms with van der Waals surface area (Å²) in [6.07, 6.45) is 0.953. The van der Waals surface area contributed by atoms with E-state index in [1.165, 1.54) is 30.3 Å². The predicted octanol–water partition coefficient (Wildman–Crippen LogP) is 7.63. The first kappa shape index (κ1) is 35.8. The lowest BCUT2D eigenvalue weighted by Crippen LogP contribution is -2.21. The predicted molar refractivity (Wildman–Crippen MR) is 172 cm³/mol. The van der Waals surface area contributed by atoms with Gasteiger partial charge in [0.2, 0.25) is 11.9 Å². The number of nitrogens with zero attached hydrogens (tertiary/aromatic N) is 4. The maximum atomic E-state index is 14.9. The van der Waals surface area contributed by atoms with Crippen LogP contribution < -0.4 is 20.7 Å². The Morgan fingerprint density at radius 1 is 1.04 bits per heavy atom. The molecule has 0 radical (unpaired) electrons. The van der Waals surface area contributed by atoms with E-state index in [0.29, 0.717) is 38.8 Å². The third kappa shape index (κ3) is 10.2. The van der Waals surface area contributed by atoms with Crippen molar-refractivity contribution in [1.29, 1.82) is 0 Å². The van der Waals surface area contributed by atoms with Gasteiger partial charge in [0.25, 0.3) is 0 Å². The first-order valence-electron chi connectivity index (χ1n) is 13.8. The third-order valence-electron chi connectivity index (χ3n) is 6.19. The van der Waals surface area contributed by atoms with Crippen LogP contribution in [0.4, 0.5) is 50.8 Å². The molecule has 0 bridgehead atoms. The van der Waals surface area contributed by atoms with Gasteiger partial charge in [-0.05, 0) is 59.7 Å². The number of alkyl halides is 3. The summed E-state index contributed by atoms with van der Waals surface area (Å²) in [4.78, 5) is 29.7. The molecule has 2 heterocycles. The van der Waals surface area contributed by atoms with Gasteiger partial charge in [-0.2, -0.15) is 23.3 Å². The second-order valence-electron chi connectivity index (χ2n) is 9.86. The number of benzene rings is 3. The molecule has 254 valence electrons. The van der Waals surface area contributed by atoms with Crippen molar-refractivity contribution in [3.8, 4) is 16.9 Å². The van der Waals surface area contributed by atoms with Crippen LogP contribution in [0.2, 0.25) is 5.02 Å². The summed E-state index contributed by atoms with van der Waals surface area (Å²) in [6, 6.07) is 15.3. The quantitative estimate of drug-likeness (QED) is 0.0854. The fourth-order valence-electron chi connectivity index (χ4n) is 3.96. The van der Waals surface area contributed by atoms with Gasteiger partial charge in [-0.3, -0.25) is 9.48 Å². The minimum absolute atomic E-state index is 0.0604. The maximum absolute atomic E-state index is 14.9. The molecule has 0 fully saturated rings. The SMILES string of the molecule is C=CC(=O)Nc1ccc(F)c(Nc2nc(Nc3cnn(C)c3)ncc2-c2ccc(OCc3cccc(F)c3)c(Cl)c2)c1.O=C(O)C(F)(F)F. The van der Waals surface area contributed by atoms with E-state index in [0.717, 1.165) is 6.08 Å². The van der Waals surface area contributed by atoms with Gasteiger partial charge >= 0.3 is 12.1 Å². The second kappa shape index (κ2) is 15.7. The average Bonchev–Trinajstić information content (AvgIpc) is 3.46. The van der Waals surface area contributed by atoms with Crippen LogP contribution in [0.25, 0.3) is 11.1 Å². The highest BCUT2D eigenvalue weighted by molar-refractivity contribution is 6.32. The van der Waals surface area contributed by atoms with Gasteiger partial charge in [0.1, 0.15) is 29.8 Å². The molecule has 17 heteroatoms. The number of carboxylic acid groups (broad SMARTS) is 1. The zero-order valence-corrected chi connectivity index (χ0v) is 26.0. The zero-order valence-electron chi connectivity index (χ0n) is 25.2. The monoisotopic (exact) mass is 701 g/mol. The van der Waals surface area contributed by atoms with E-state index in [9.17, 15) is 26.7 Å². The van der Waals surface area contributed by atoms with Crippen LogP contribution in [0.1, 0.15) is 5.56 Å². The minimum Gasteiger partial charge on any atom is -0.487 e. The number of carboxylic acids is 1. The number of carbonyl (C=O) groups excluding carboxylic acids is 1. The maximum Gasteiger partial charge on any atom is 0.490 e. The molecule has 0 atom stereocenters. The van der Waals surface area contributed by atoms with Gasteiger partial charge in [0, 0.05) is 30.7 Å². The molecular formula is C32H25ClF5N7O4. The van der Waals surface area contributed by atoms with Gasteiger partial charge in [-0.25, -0.2) is 18.6 Å². The highest BCUT2D eigenvalue weighted by atomic mass is 35.5. The molecule has 0 aliphatic carbocycles. The number of rotatable bonds is 10.